The lowest BCUT2D eigenvalue weighted by Crippen LogP contribution is -2.48. The standard InChI is InChI=1S/C15H27N5OS/c1-7-16-14(18-9-13-17-8-11(2)22-13)20(6)10-12(21)19-15(3,4)5/h8H,7,9-10H2,1-6H3,(H,16,18)(H,19,21). The predicted molar refractivity (Wildman–Crippen MR) is 92.2 cm³/mol. The quantitative estimate of drug-likeness (QED) is 0.639. The van der Waals surface area contributed by atoms with Gasteiger partial charge in [0.05, 0.1) is 13.1 Å². The molecule has 6 nitrogen and oxygen atoms in total. The second kappa shape index (κ2) is 8.12. The van der Waals surface area contributed by atoms with Crippen molar-refractivity contribution in [2.75, 3.05) is 20.1 Å². The molecule has 0 radical (unpaired) electrons. The first kappa shape index (κ1) is 18.4. The zero-order valence-corrected chi connectivity index (χ0v) is 15.2. The van der Waals surface area contributed by atoms with Crippen molar-refractivity contribution in [3.05, 3.63) is 16.1 Å². The number of aliphatic imine (C=N–C) groups is 1. The minimum Gasteiger partial charge on any atom is -0.357 e. The summed E-state index contributed by atoms with van der Waals surface area (Å²) in [6.45, 7) is 11.5. The van der Waals surface area contributed by atoms with E-state index in [1.165, 1.54) is 4.88 Å². The second-order valence-electron chi connectivity index (χ2n) is 6.19. The van der Waals surface area contributed by atoms with E-state index in [1.54, 1.807) is 11.3 Å². The van der Waals surface area contributed by atoms with Crippen molar-refractivity contribution in [3.8, 4) is 0 Å². The van der Waals surface area contributed by atoms with Crippen LogP contribution in [0.1, 0.15) is 37.6 Å². The van der Waals surface area contributed by atoms with Crippen LogP contribution in [0, 0.1) is 6.92 Å². The average Bonchev–Trinajstić information content (AvgIpc) is 2.77. The van der Waals surface area contributed by atoms with E-state index in [0.717, 1.165) is 11.6 Å². The highest BCUT2D eigenvalue weighted by atomic mass is 32.1. The number of hydrogen-bond acceptors (Lipinski definition) is 4. The summed E-state index contributed by atoms with van der Waals surface area (Å²) in [5.74, 6) is 0.685. The van der Waals surface area contributed by atoms with E-state index in [-0.39, 0.29) is 18.0 Å². The third kappa shape index (κ3) is 6.89. The molecule has 124 valence electrons. The van der Waals surface area contributed by atoms with Crippen molar-refractivity contribution in [2.45, 2.75) is 46.7 Å². The van der Waals surface area contributed by atoms with Gasteiger partial charge in [-0.05, 0) is 34.6 Å². The lowest BCUT2D eigenvalue weighted by atomic mass is 10.1. The summed E-state index contributed by atoms with van der Waals surface area (Å²) in [7, 11) is 1.86. The molecule has 1 aromatic heterocycles. The van der Waals surface area contributed by atoms with Crippen LogP contribution >= 0.6 is 11.3 Å². The topological polar surface area (TPSA) is 69.6 Å². The minimum atomic E-state index is -0.230. The third-order valence-corrected chi connectivity index (χ3v) is 3.52. The molecule has 0 aliphatic rings. The van der Waals surface area contributed by atoms with Crippen LogP contribution in [-0.4, -0.2) is 47.4 Å². The number of carbonyl (C=O) groups is 1. The summed E-state index contributed by atoms with van der Waals surface area (Å²) >= 11 is 1.64. The highest BCUT2D eigenvalue weighted by Crippen LogP contribution is 2.12. The van der Waals surface area contributed by atoms with Crippen molar-refractivity contribution in [1.29, 1.82) is 0 Å². The van der Waals surface area contributed by atoms with Crippen LogP contribution < -0.4 is 10.6 Å². The van der Waals surface area contributed by atoms with Gasteiger partial charge in [0.2, 0.25) is 5.91 Å². The van der Waals surface area contributed by atoms with Crippen LogP contribution in [0.4, 0.5) is 0 Å². The van der Waals surface area contributed by atoms with Gasteiger partial charge in [-0.3, -0.25) is 4.79 Å². The molecule has 22 heavy (non-hydrogen) atoms. The number of rotatable bonds is 5. The normalized spacial score (nSPS) is 12.2. The Labute approximate surface area is 137 Å². The van der Waals surface area contributed by atoms with Crippen LogP contribution in [0.5, 0.6) is 0 Å². The molecule has 0 aliphatic carbocycles. The van der Waals surface area contributed by atoms with Crippen LogP contribution in [0.15, 0.2) is 11.2 Å². The average molecular weight is 325 g/mol. The molecule has 0 saturated heterocycles. The molecule has 0 unspecified atom stereocenters. The lowest BCUT2D eigenvalue weighted by Gasteiger charge is -2.25. The van der Waals surface area contributed by atoms with E-state index >= 15 is 0 Å². The van der Waals surface area contributed by atoms with E-state index in [4.69, 9.17) is 0 Å². The summed E-state index contributed by atoms with van der Waals surface area (Å²) in [5, 5.41) is 7.12. The van der Waals surface area contributed by atoms with Gasteiger partial charge in [0.25, 0.3) is 0 Å². The van der Waals surface area contributed by atoms with Gasteiger partial charge in [-0.1, -0.05) is 0 Å². The molecule has 1 amide bonds. The van der Waals surface area contributed by atoms with Crippen molar-refractivity contribution >= 4 is 23.2 Å². The van der Waals surface area contributed by atoms with E-state index in [0.29, 0.717) is 12.5 Å². The smallest absolute Gasteiger partial charge is 0.240 e. The molecular formula is C15H27N5OS. The lowest BCUT2D eigenvalue weighted by molar-refractivity contribution is -0.122. The summed E-state index contributed by atoms with van der Waals surface area (Å²) in [5.41, 5.74) is -0.230. The number of carbonyl (C=O) groups excluding carboxylic acids is 1. The van der Waals surface area contributed by atoms with Gasteiger partial charge < -0.3 is 15.5 Å². The fourth-order valence-corrected chi connectivity index (χ4v) is 2.55. The summed E-state index contributed by atoms with van der Waals surface area (Å²) < 4.78 is 0. The molecule has 0 atom stereocenters. The van der Waals surface area contributed by atoms with Crippen LogP contribution in [0.2, 0.25) is 0 Å². The Balaban J connectivity index is 2.66. The van der Waals surface area contributed by atoms with Crippen LogP contribution in [-0.2, 0) is 11.3 Å². The summed E-state index contributed by atoms with van der Waals surface area (Å²) in [6, 6.07) is 0. The molecule has 0 aliphatic heterocycles. The minimum absolute atomic E-state index is 0.0225. The Morgan fingerprint density at radius 1 is 1.45 bits per heavy atom. The van der Waals surface area contributed by atoms with Crippen LogP contribution in [0.3, 0.4) is 0 Å². The molecule has 0 aromatic carbocycles. The fraction of sp³-hybridized carbons (Fsp3) is 0.667. The van der Waals surface area contributed by atoms with E-state index < -0.39 is 0 Å². The number of guanidine groups is 1. The van der Waals surface area contributed by atoms with Gasteiger partial charge in [0, 0.05) is 30.2 Å². The maximum absolute atomic E-state index is 12.0. The van der Waals surface area contributed by atoms with Gasteiger partial charge in [-0.25, -0.2) is 9.98 Å². The fourth-order valence-electron chi connectivity index (χ4n) is 1.83. The molecule has 2 N–H and O–H groups in total. The highest BCUT2D eigenvalue weighted by molar-refractivity contribution is 7.11. The molecule has 1 rings (SSSR count). The first-order valence-electron chi connectivity index (χ1n) is 7.43. The number of nitrogens with one attached hydrogen (secondary N) is 2. The van der Waals surface area contributed by atoms with Crippen molar-refractivity contribution in [1.82, 2.24) is 20.5 Å². The summed E-state index contributed by atoms with van der Waals surface area (Å²) in [6.07, 6.45) is 1.85. The molecule has 7 heteroatoms. The van der Waals surface area contributed by atoms with Crippen molar-refractivity contribution < 1.29 is 4.79 Å². The number of amides is 1. The van der Waals surface area contributed by atoms with E-state index in [2.05, 4.69) is 20.6 Å². The molecule has 1 heterocycles. The number of likely N-dealkylation sites (N-methyl/N-ethyl adjacent to an activating group) is 1. The zero-order valence-electron chi connectivity index (χ0n) is 14.4. The number of thiazole rings is 1. The number of aryl methyl sites for hydroxylation is 1. The van der Waals surface area contributed by atoms with Crippen LogP contribution in [0.25, 0.3) is 0 Å². The Kier molecular flexibility index (Phi) is 6.80. The predicted octanol–water partition coefficient (Wildman–Crippen LogP) is 1.76. The van der Waals surface area contributed by atoms with Gasteiger partial charge in [0.15, 0.2) is 5.96 Å². The number of nitrogens with zero attached hydrogens (tertiary/aromatic N) is 3. The molecular weight excluding hydrogens is 298 g/mol. The van der Waals surface area contributed by atoms with Crippen molar-refractivity contribution in [3.63, 3.8) is 0 Å². The maximum Gasteiger partial charge on any atom is 0.240 e. The Hall–Kier alpha value is -1.63. The Bertz CT molecular complexity index is 518. The van der Waals surface area contributed by atoms with E-state index in [9.17, 15) is 4.79 Å². The molecule has 0 fully saturated rings. The monoisotopic (exact) mass is 325 g/mol. The largest absolute Gasteiger partial charge is 0.357 e. The zero-order chi connectivity index (χ0) is 16.8. The molecule has 0 bridgehead atoms. The first-order valence-corrected chi connectivity index (χ1v) is 8.24. The molecule has 0 saturated carbocycles. The molecule has 0 spiro atoms. The molecule has 1 aromatic rings. The number of aromatic nitrogens is 1. The van der Waals surface area contributed by atoms with Gasteiger partial charge in [-0.2, -0.15) is 0 Å². The van der Waals surface area contributed by atoms with Gasteiger partial charge in [0.1, 0.15) is 5.01 Å². The SMILES string of the molecule is CCNC(=NCc1ncc(C)s1)N(C)CC(=O)NC(C)(C)C. The third-order valence-electron chi connectivity index (χ3n) is 2.62. The second-order valence-corrected chi connectivity index (χ2v) is 7.51. The van der Waals surface area contributed by atoms with Gasteiger partial charge in [-0.15, -0.1) is 11.3 Å². The Morgan fingerprint density at radius 2 is 2.14 bits per heavy atom. The van der Waals surface area contributed by atoms with E-state index in [1.807, 2.05) is 52.8 Å². The Morgan fingerprint density at radius 3 is 2.64 bits per heavy atom. The first-order chi connectivity index (χ1) is 10.2. The number of hydrogen-bond donors (Lipinski definition) is 2. The maximum atomic E-state index is 12.0. The summed E-state index contributed by atoms with van der Waals surface area (Å²) in [4.78, 5) is 23.9. The highest BCUT2D eigenvalue weighted by Gasteiger charge is 2.16. The van der Waals surface area contributed by atoms with Gasteiger partial charge >= 0.3 is 0 Å². The van der Waals surface area contributed by atoms with Crippen molar-refractivity contribution in [2.24, 2.45) is 4.99 Å².